The fourth-order valence-corrected chi connectivity index (χ4v) is 4.22. The molecule has 0 amide bonds. The molecule has 0 aromatic carbocycles. The van der Waals surface area contributed by atoms with Crippen molar-refractivity contribution in [2.45, 2.75) is 160 Å². The summed E-state index contributed by atoms with van der Waals surface area (Å²) in [6, 6.07) is 0. The summed E-state index contributed by atoms with van der Waals surface area (Å²) < 4.78 is 0. The van der Waals surface area contributed by atoms with Gasteiger partial charge in [0.15, 0.2) is 0 Å². The topological polar surface area (TPSA) is 0 Å². The van der Waals surface area contributed by atoms with Crippen LogP contribution in [0.3, 0.4) is 0 Å². The summed E-state index contributed by atoms with van der Waals surface area (Å²) in [6.07, 6.45) is 41.4. The molecule has 0 aromatic rings. The fraction of sp³-hybridized carbons (Fsp3) is 0.545. The molecule has 0 aliphatic heterocycles. The highest BCUT2D eigenvalue weighted by molar-refractivity contribution is 5.09. The molecule has 0 radical (unpaired) electrons. The van der Waals surface area contributed by atoms with Gasteiger partial charge in [-0.1, -0.05) is 117 Å². The third-order valence-corrected chi connectivity index (χ3v) is 7.11. The van der Waals surface area contributed by atoms with Crippen LogP contribution in [0.2, 0.25) is 0 Å². The average Bonchev–Trinajstić information content (AvgIpc) is 2.92. The van der Waals surface area contributed by atoms with Gasteiger partial charge in [0.1, 0.15) is 0 Å². The van der Waals surface area contributed by atoms with E-state index in [1.807, 2.05) is 0 Å². The van der Waals surface area contributed by atoms with Crippen LogP contribution in [-0.2, 0) is 0 Å². The van der Waals surface area contributed by atoms with Crippen LogP contribution in [0.15, 0.2) is 117 Å². The molecule has 0 unspecified atom stereocenters. The molecule has 0 fully saturated rings. The highest BCUT2D eigenvalue weighted by Crippen LogP contribution is 2.11. The minimum atomic E-state index is 1.06. The summed E-state index contributed by atoms with van der Waals surface area (Å²) in [5.74, 6) is 0. The lowest BCUT2D eigenvalue weighted by Crippen LogP contribution is -1.78. The van der Waals surface area contributed by atoms with Crippen molar-refractivity contribution in [3.63, 3.8) is 0 Å². The molecule has 0 aromatic heterocycles. The van der Waals surface area contributed by atoms with Crippen LogP contribution < -0.4 is 0 Å². The SMILES string of the molecule is CC(C)=CCC/C(C)=C/C/C=C/C/C=C(\C)CCC=C(C)C.CC(C)=CCC/C(C)=C/C/C=C/C/C=C(\C)CCC=C(C)C. The van der Waals surface area contributed by atoms with E-state index < -0.39 is 0 Å². The Morgan fingerprint density at radius 2 is 0.455 bits per heavy atom. The van der Waals surface area contributed by atoms with Crippen molar-refractivity contribution in [2.75, 3.05) is 0 Å². The van der Waals surface area contributed by atoms with Crippen molar-refractivity contribution in [1.82, 2.24) is 0 Å². The van der Waals surface area contributed by atoms with E-state index in [0.29, 0.717) is 0 Å². The molecular formula is C44H72. The van der Waals surface area contributed by atoms with Crippen molar-refractivity contribution in [3.8, 4) is 0 Å². The number of hydrogen-bond acceptors (Lipinski definition) is 0. The quantitative estimate of drug-likeness (QED) is 0.122. The van der Waals surface area contributed by atoms with Crippen molar-refractivity contribution < 1.29 is 0 Å². The van der Waals surface area contributed by atoms with Crippen molar-refractivity contribution in [1.29, 1.82) is 0 Å². The summed E-state index contributed by atoms with van der Waals surface area (Å²) in [5.41, 5.74) is 11.6. The van der Waals surface area contributed by atoms with E-state index in [1.165, 1.54) is 96.0 Å². The standard InChI is InChI=1S/2C22H36/c2*1-19(2)13-11-17-21(5)15-9-7-8-10-16-22(6)18-12-14-20(3)4/h2*7-8,13-16H,9-12,17-18H2,1-6H3/b2*8-7+,21-15+,22-16+. The Bertz CT molecular complexity index is 863. The molecule has 0 bridgehead atoms. The van der Waals surface area contributed by atoms with Crippen LogP contribution in [0.25, 0.3) is 0 Å². The zero-order valence-corrected chi connectivity index (χ0v) is 31.4. The first-order chi connectivity index (χ1) is 20.8. The molecule has 0 nitrogen and oxygen atoms in total. The number of hydrogen-bond donors (Lipinski definition) is 0. The smallest absolute Gasteiger partial charge is 0.0166 e. The first-order valence-corrected chi connectivity index (χ1v) is 17.3. The maximum Gasteiger partial charge on any atom is -0.0166 e. The van der Waals surface area contributed by atoms with E-state index in [9.17, 15) is 0 Å². The van der Waals surface area contributed by atoms with Gasteiger partial charge >= 0.3 is 0 Å². The number of rotatable bonds is 20. The van der Waals surface area contributed by atoms with Gasteiger partial charge in [-0.2, -0.15) is 0 Å². The Hall–Kier alpha value is -2.60. The van der Waals surface area contributed by atoms with Gasteiger partial charge in [-0.15, -0.1) is 0 Å². The summed E-state index contributed by atoms with van der Waals surface area (Å²) >= 11 is 0. The Labute approximate surface area is 277 Å². The molecule has 0 aliphatic rings. The monoisotopic (exact) mass is 601 g/mol. The molecule has 0 aliphatic carbocycles. The molecule has 0 saturated carbocycles. The van der Waals surface area contributed by atoms with Gasteiger partial charge in [0, 0.05) is 0 Å². The molecule has 0 N–H and O–H groups in total. The molecule has 44 heavy (non-hydrogen) atoms. The van der Waals surface area contributed by atoms with Gasteiger partial charge < -0.3 is 0 Å². The largest absolute Gasteiger partial charge is 0.0856 e. The van der Waals surface area contributed by atoms with E-state index in [1.54, 1.807) is 0 Å². The molecule has 0 rings (SSSR count). The van der Waals surface area contributed by atoms with Crippen LogP contribution in [0.4, 0.5) is 0 Å². The Morgan fingerprint density at radius 1 is 0.273 bits per heavy atom. The lowest BCUT2D eigenvalue weighted by atomic mass is 10.1. The van der Waals surface area contributed by atoms with Crippen LogP contribution in [0.5, 0.6) is 0 Å². The van der Waals surface area contributed by atoms with Gasteiger partial charge in [0.25, 0.3) is 0 Å². The Kier molecular flexibility index (Phi) is 30.1. The molecule has 0 saturated heterocycles. The maximum absolute atomic E-state index is 2.35. The Morgan fingerprint density at radius 3 is 0.614 bits per heavy atom. The molecule has 0 heterocycles. The third kappa shape index (κ3) is 37.4. The van der Waals surface area contributed by atoms with Gasteiger partial charge in [0.05, 0.1) is 0 Å². The molecule has 248 valence electrons. The highest BCUT2D eigenvalue weighted by Gasteiger charge is 1.91. The van der Waals surface area contributed by atoms with Gasteiger partial charge in [0.2, 0.25) is 0 Å². The lowest BCUT2D eigenvalue weighted by molar-refractivity contribution is 0.956. The van der Waals surface area contributed by atoms with Gasteiger partial charge in [-0.05, 0) is 160 Å². The number of allylic oxidation sites excluding steroid dienone is 20. The summed E-state index contributed by atoms with van der Waals surface area (Å²) in [4.78, 5) is 0. The third-order valence-electron chi connectivity index (χ3n) is 7.11. The highest BCUT2D eigenvalue weighted by atomic mass is 14.0. The predicted octanol–water partition coefficient (Wildman–Crippen LogP) is 15.4. The minimum absolute atomic E-state index is 1.06. The van der Waals surface area contributed by atoms with Crippen molar-refractivity contribution >= 4 is 0 Å². The van der Waals surface area contributed by atoms with Crippen LogP contribution >= 0.6 is 0 Å². The van der Waals surface area contributed by atoms with E-state index in [2.05, 4.69) is 156 Å². The summed E-state index contributed by atoms with van der Waals surface area (Å²) in [7, 11) is 0. The summed E-state index contributed by atoms with van der Waals surface area (Å²) in [6.45, 7) is 26.3. The second-order valence-electron chi connectivity index (χ2n) is 13.4. The molecule has 0 spiro atoms. The minimum Gasteiger partial charge on any atom is -0.0856 e. The zero-order valence-electron chi connectivity index (χ0n) is 31.4. The van der Waals surface area contributed by atoms with Gasteiger partial charge in [-0.3, -0.25) is 0 Å². The maximum atomic E-state index is 2.35. The van der Waals surface area contributed by atoms with E-state index in [4.69, 9.17) is 0 Å². The summed E-state index contributed by atoms with van der Waals surface area (Å²) in [5, 5.41) is 0. The van der Waals surface area contributed by atoms with Crippen molar-refractivity contribution in [3.05, 3.63) is 117 Å². The zero-order chi connectivity index (χ0) is 33.6. The second-order valence-corrected chi connectivity index (χ2v) is 13.4. The predicted molar refractivity (Wildman–Crippen MR) is 206 cm³/mol. The first-order valence-electron chi connectivity index (χ1n) is 17.3. The normalized spacial score (nSPS) is 12.6. The van der Waals surface area contributed by atoms with E-state index >= 15 is 0 Å². The second kappa shape index (κ2) is 30.4. The van der Waals surface area contributed by atoms with Crippen LogP contribution in [0, 0.1) is 0 Å². The van der Waals surface area contributed by atoms with E-state index in [0.717, 1.165) is 25.7 Å². The fourth-order valence-electron chi connectivity index (χ4n) is 4.22. The first kappa shape index (κ1) is 43.5. The molecular weight excluding hydrogens is 528 g/mol. The molecule has 0 heteroatoms. The lowest BCUT2D eigenvalue weighted by Gasteiger charge is -1.98. The van der Waals surface area contributed by atoms with E-state index in [-0.39, 0.29) is 0 Å². The van der Waals surface area contributed by atoms with Crippen LogP contribution in [-0.4, -0.2) is 0 Å². The van der Waals surface area contributed by atoms with Crippen molar-refractivity contribution in [2.24, 2.45) is 0 Å². The molecule has 0 atom stereocenters. The average molecular weight is 601 g/mol. The Balaban J connectivity index is 0. The van der Waals surface area contributed by atoms with Crippen LogP contribution in [0.1, 0.15) is 160 Å². The van der Waals surface area contributed by atoms with Gasteiger partial charge in [-0.25, -0.2) is 0 Å².